The zero-order valence-electron chi connectivity index (χ0n) is 12.4. The zero-order valence-corrected chi connectivity index (χ0v) is 12.4. The Bertz CT molecular complexity index is 529. The quantitative estimate of drug-likeness (QED) is 0.894. The summed E-state index contributed by atoms with van der Waals surface area (Å²) in [5, 5.41) is 9.12. The number of aliphatic carboxylic acids is 1. The van der Waals surface area contributed by atoms with E-state index in [1.807, 2.05) is 31.2 Å². The highest BCUT2D eigenvalue weighted by atomic mass is 16.5. The number of ether oxygens (including phenoxy) is 1. The monoisotopic (exact) mass is 291 g/mol. The third-order valence-corrected chi connectivity index (χ3v) is 3.94. The second-order valence-corrected chi connectivity index (χ2v) is 5.65. The van der Waals surface area contributed by atoms with Crippen molar-refractivity contribution in [1.29, 1.82) is 0 Å². The number of benzene rings is 1. The first kappa shape index (κ1) is 15.5. The fourth-order valence-corrected chi connectivity index (χ4v) is 2.77. The molecule has 1 amide bonds. The maximum atomic E-state index is 12.3. The van der Waals surface area contributed by atoms with Crippen LogP contribution in [0.2, 0.25) is 0 Å². The molecular formula is C16H21NO4. The third-order valence-electron chi connectivity index (χ3n) is 3.94. The number of nitrogens with zero attached hydrogens (tertiary/aromatic N) is 1. The summed E-state index contributed by atoms with van der Waals surface area (Å²) in [6, 6.07) is 7.72. The Kier molecular flexibility index (Phi) is 4.96. The molecule has 1 aromatic rings. The molecular weight excluding hydrogens is 270 g/mol. The van der Waals surface area contributed by atoms with Gasteiger partial charge in [0.15, 0.2) is 0 Å². The van der Waals surface area contributed by atoms with Crippen LogP contribution >= 0.6 is 0 Å². The van der Waals surface area contributed by atoms with Gasteiger partial charge in [0.25, 0.3) is 0 Å². The number of carbonyl (C=O) groups excluding carboxylic acids is 1. The van der Waals surface area contributed by atoms with Gasteiger partial charge in [-0.15, -0.1) is 0 Å². The van der Waals surface area contributed by atoms with Crippen LogP contribution in [-0.2, 0) is 27.4 Å². The average molecular weight is 291 g/mol. The summed E-state index contributed by atoms with van der Waals surface area (Å²) in [4.78, 5) is 25.1. The Balaban J connectivity index is 1.99. The van der Waals surface area contributed by atoms with Crippen molar-refractivity contribution in [2.45, 2.75) is 20.0 Å². The molecule has 2 rings (SSSR count). The minimum Gasteiger partial charge on any atom is -0.481 e. The van der Waals surface area contributed by atoms with Crippen LogP contribution in [0.4, 0.5) is 0 Å². The lowest BCUT2D eigenvalue weighted by Gasteiger charge is -2.16. The van der Waals surface area contributed by atoms with Crippen molar-refractivity contribution in [1.82, 2.24) is 4.90 Å². The zero-order chi connectivity index (χ0) is 15.4. The summed E-state index contributed by atoms with van der Waals surface area (Å²) in [6.45, 7) is 3.23. The van der Waals surface area contributed by atoms with Crippen LogP contribution in [-0.4, -0.2) is 42.1 Å². The number of likely N-dealkylation sites (tertiary alicyclic amines) is 1. The summed E-state index contributed by atoms with van der Waals surface area (Å²) in [6.07, 6.45) is 0.302. The highest BCUT2D eigenvalue weighted by molar-refractivity contribution is 5.81. The van der Waals surface area contributed by atoms with Crippen LogP contribution in [0.5, 0.6) is 0 Å². The van der Waals surface area contributed by atoms with Gasteiger partial charge >= 0.3 is 5.97 Å². The molecule has 0 aliphatic carbocycles. The molecule has 1 aliphatic rings. The molecule has 5 nitrogen and oxygen atoms in total. The van der Waals surface area contributed by atoms with E-state index in [2.05, 4.69) is 0 Å². The van der Waals surface area contributed by atoms with Crippen molar-refractivity contribution >= 4 is 11.9 Å². The summed E-state index contributed by atoms with van der Waals surface area (Å²) >= 11 is 0. The van der Waals surface area contributed by atoms with E-state index < -0.39 is 11.9 Å². The summed E-state index contributed by atoms with van der Waals surface area (Å²) in [5.74, 6) is -1.28. The van der Waals surface area contributed by atoms with E-state index >= 15 is 0 Å². The number of hydrogen-bond donors (Lipinski definition) is 1. The summed E-state index contributed by atoms with van der Waals surface area (Å²) in [5.41, 5.74) is 1.96. The fourth-order valence-electron chi connectivity index (χ4n) is 2.77. The first-order valence-corrected chi connectivity index (χ1v) is 7.08. The van der Waals surface area contributed by atoms with E-state index in [4.69, 9.17) is 9.84 Å². The Morgan fingerprint density at radius 3 is 2.67 bits per heavy atom. The fraction of sp³-hybridized carbons (Fsp3) is 0.500. The number of methoxy groups -OCH3 is 1. The first-order valence-electron chi connectivity index (χ1n) is 7.08. The smallest absolute Gasteiger partial charge is 0.308 e. The van der Waals surface area contributed by atoms with E-state index in [9.17, 15) is 9.59 Å². The molecule has 0 saturated carbocycles. The molecule has 0 aromatic heterocycles. The van der Waals surface area contributed by atoms with Crippen LogP contribution in [0.1, 0.15) is 18.1 Å². The SMILES string of the molecule is COCc1cccc(CC(=O)N2C[C@@H](C)[C@H](C(=O)O)C2)c1. The molecule has 0 radical (unpaired) electrons. The topological polar surface area (TPSA) is 66.8 Å². The van der Waals surface area contributed by atoms with Gasteiger partial charge in [-0.3, -0.25) is 9.59 Å². The van der Waals surface area contributed by atoms with Crippen molar-refractivity contribution in [2.24, 2.45) is 11.8 Å². The van der Waals surface area contributed by atoms with Crippen LogP contribution in [0.25, 0.3) is 0 Å². The minimum absolute atomic E-state index is 0.00581. The van der Waals surface area contributed by atoms with Gasteiger partial charge in [0.1, 0.15) is 0 Å². The number of amides is 1. The van der Waals surface area contributed by atoms with Crippen molar-refractivity contribution < 1.29 is 19.4 Å². The van der Waals surface area contributed by atoms with Crippen LogP contribution < -0.4 is 0 Å². The van der Waals surface area contributed by atoms with E-state index in [-0.39, 0.29) is 11.8 Å². The molecule has 114 valence electrons. The largest absolute Gasteiger partial charge is 0.481 e. The third kappa shape index (κ3) is 3.82. The number of carboxylic acid groups (broad SMARTS) is 1. The predicted molar refractivity (Wildman–Crippen MR) is 77.7 cm³/mol. The first-order chi connectivity index (χ1) is 10.0. The van der Waals surface area contributed by atoms with Gasteiger partial charge < -0.3 is 14.7 Å². The summed E-state index contributed by atoms with van der Waals surface area (Å²) in [7, 11) is 1.63. The van der Waals surface area contributed by atoms with E-state index in [0.717, 1.165) is 11.1 Å². The van der Waals surface area contributed by atoms with Gasteiger partial charge in [0.2, 0.25) is 5.91 Å². The predicted octanol–water partition coefficient (Wildman–Crippen LogP) is 1.55. The Morgan fingerprint density at radius 2 is 2.05 bits per heavy atom. The Labute approximate surface area is 124 Å². The standard InChI is InChI=1S/C16H21NO4/c1-11-8-17(9-14(11)16(19)20)15(18)7-12-4-3-5-13(6-12)10-21-2/h3-6,11,14H,7-10H2,1-2H3,(H,19,20)/t11-,14-/m1/s1. The maximum absolute atomic E-state index is 12.3. The van der Waals surface area contributed by atoms with Crippen LogP contribution in [0, 0.1) is 11.8 Å². The molecule has 0 spiro atoms. The average Bonchev–Trinajstić information content (AvgIpc) is 2.82. The van der Waals surface area contributed by atoms with E-state index in [1.165, 1.54) is 0 Å². The molecule has 21 heavy (non-hydrogen) atoms. The van der Waals surface area contributed by atoms with Gasteiger partial charge in [-0.05, 0) is 17.0 Å². The maximum Gasteiger partial charge on any atom is 0.308 e. The second-order valence-electron chi connectivity index (χ2n) is 5.65. The summed E-state index contributed by atoms with van der Waals surface area (Å²) < 4.78 is 5.08. The highest BCUT2D eigenvalue weighted by Crippen LogP contribution is 2.23. The van der Waals surface area contributed by atoms with E-state index in [0.29, 0.717) is 26.1 Å². The van der Waals surface area contributed by atoms with E-state index in [1.54, 1.807) is 12.0 Å². The molecule has 1 N–H and O–H groups in total. The van der Waals surface area contributed by atoms with Crippen molar-refractivity contribution in [3.8, 4) is 0 Å². The number of carboxylic acids is 1. The molecule has 5 heteroatoms. The Morgan fingerprint density at radius 1 is 1.33 bits per heavy atom. The molecule has 2 atom stereocenters. The van der Waals surface area contributed by atoms with Gasteiger partial charge in [0.05, 0.1) is 18.9 Å². The highest BCUT2D eigenvalue weighted by Gasteiger charge is 2.36. The lowest BCUT2D eigenvalue weighted by atomic mass is 9.99. The Hall–Kier alpha value is -1.88. The molecule has 1 aliphatic heterocycles. The van der Waals surface area contributed by atoms with Crippen LogP contribution in [0.3, 0.4) is 0 Å². The van der Waals surface area contributed by atoms with Gasteiger partial charge in [-0.2, -0.15) is 0 Å². The minimum atomic E-state index is -0.820. The van der Waals surface area contributed by atoms with Crippen molar-refractivity contribution in [2.75, 3.05) is 20.2 Å². The normalized spacial score (nSPS) is 21.5. The molecule has 1 saturated heterocycles. The molecule has 0 bridgehead atoms. The molecule has 1 aromatic carbocycles. The molecule has 1 heterocycles. The van der Waals surface area contributed by atoms with Crippen molar-refractivity contribution in [3.63, 3.8) is 0 Å². The number of hydrogen-bond acceptors (Lipinski definition) is 3. The van der Waals surface area contributed by atoms with Crippen molar-refractivity contribution in [3.05, 3.63) is 35.4 Å². The number of carbonyl (C=O) groups is 2. The number of rotatable bonds is 5. The van der Waals surface area contributed by atoms with Gasteiger partial charge in [-0.25, -0.2) is 0 Å². The molecule has 0 unspecified atom stereocenters. The molecule has 1 fully saturated rings. The lowest BCUT2D eigenvalue weighted by molar-refractivity contribution is -0.142. The van der Waals surface area contributed by atoms with Crippen LogP contribution in [0.15, 0.2) is 24.3 Å². The second kappa shape index (κ2) is 6.72. The van der Waals surface area contributed by atoms with Gasteiger partial charge in [-0.1, -0.05) is 31.2 Å². The lowest BCUT2D eigenvalue weighted by Crippen LogP contribution is -2.31. The van der Waals surface area contributed by atoms with Gasteiger partial charge in [0, 0.05) is 20.2 Å².